The number of carbonyl (C=O) groups excluding carboxylic acids is 1. The van der Waals surface area contributed by atoms with Crippen LogP contribution in [0.3, 0.4) is 0 Å². The van der Waals surface area contributed by atoms with Crippen LogP contribution in [0.4, 0.5) is 4.39 Å². The van der Waals surface area contributed by atoms with Crippen molar-refractivity contribution in [3.8, 4) is 0 Å². The minimum Gasteiger partial charge on any atom is -0.476 e. The molecule has 0 aliphatic heterocycles. The van der Waals surface area contributed by atoms with E-state index in [9.17, 15) is 14.0 Å². The lowest BCUT2D eigenvalue weighted by Crippen LogP contribution is -2.28. The largest absolute Gasteiger partial charge is 0.476 e. The third kappa shape index (κ3) is 3.76. The van der Waals surface area contributed by atoms with Gasteiger partial charge < -0.3 is 10.4 Å². The highest BCUT2D eigenvalue weighted by atomic mass is 35.5. The van der Waals surface area contributed by atoms with Crippen molar-refractivity contribution >= 4 is 23.5 Å². The van der Waals surface area contributed by atoms with E-state index < -0.39 is 17.7 Å². The topological polar surface area (TPSA) is 97.1 Å². The molecule has 1 amide bonds. The van der Waals surface area contributed by atoms with Crippen molar-refractivity contribution in [2.75, 3.05) is 6.54 Å². The SMILES string of the molecule is O=C(O)c1cn(CCNC(=O)c2cc(Cl)ccc2F)nn1. The molecule has 0 bridgehead atoms. The third-order valence-corrected chi connectivity index (χ3v) is 2.79. The first-order chi connectivity index (χ1) is 9.97. The highest BCUT2D eigenvalue weighted by Crippen LogP contribution is 2.14. The van der Waals surface area contributed by atoms with E-state index in [1.54, 1.807) is 0 Å². The quantitative estimate of drug-likeness (QED) is 0.864. The molecule has 0 saturated carbocycles. The van der Waals surface area contributed by atoms with E-state index in [1.165, 1.54) is 23.0 Å². The summed E-state index contributed by atoms with van der Waals surface area (Å²) in [6, 6.07) is 3.68. The number of amides is 1. The van der Waals surface area contributed by atoms with E-state index >= 15 is 0 Å². The average Bonchev–Trinajstić information content (AvgIpc) is 2.90. The fraction of sp³-hybridized carbons (Fsp3) is 0.167. The van der Waals surface area contributed by atoms with E-state index in [1.807, 2.05) is 0 Å². The molecule has 2 rings (SSSR count). The number of rotatable bonds is 5. The minimum absolute atomic E-state index is 0.132. The molecule has 1 aromatic heterocycles. The predicted octanol–water partition coefficient (Wildman–Crippen LogP) is 1.20. The third-order valence-electron chi connectivity index (χ3n) is 2.56. The van der Waals surface area contributed by atoms with Crippen LogP contribution in [0.2, 0.25) is 5.02 Å². The number of hydrogen-bond donors (Lipinski definition) is 2. The molecule has 0 spiro atoms. The predicted molar refractivity (Wildman–Crippen MR) is 70.7 cm³/mol. The zero-order valence-corrected chi connectivity index (χ0v) is 11.3. The number of halogens is 2. The Bertz CT molecular complexity index is 689. The number of carboxylic acid groups (broad SMARTS) is 1. The van der Waals surface area contributed by atoms with Crippen LogP contribution in [0.1, 0.15) is 20.8 Å². The van der Waals surface area contributed by atoms with Crippen LogP contribution < -0.4 is 5.32 Å². The molecule has 0 fully saturated rings. The van der Waals surface area contributed by atoms with Gasteiger partial charge in [-0.2, -0.15) is 0 Å². The normalized spacial score (nSPS) is 10.4. The number of carboxylic acids is 1. The monoisotopic (exact) mass is 312 g/mol. The summed E-state index contributed by atoms with van der Waals surface area (Å²) < 4.78 is 14.7. The Balaban J connectivity index is 1.92. The summed E-state index contributed by atoms with van der Waals surface area (Å²) in [5.41, 5.74) is -0.352. The lowest BCUT2D eigenvalue weighted by Gasteiger charge is -2.06. The van der Waals surface area contributed by atoms with Crippen molar-refractivity contribution in [2.45, 2.75) is 6.54 Å². The summed E-state index contributed by atoms with van der Waals surface area (Å²) in [4.78, 5) is 22.4. The zero-order chi connectivity index (χ0) is 15.4. The first kappa shape index (κ1) is 14.9. The van der Waals surface area contributed by atoms with Crippen molar-refractivity contribution < 1.29 is 19.1 Å². The molecular formula is C12H10ClFN4O3. The molecule has 7 nitrogen and oxygen atoms in total. The van der Waals surface area contributed by atoms with Gasteiger partial charge in [0.15, 0.2) is 5.69 Å². The Morgan fingerprint density at radius 1 is 1.43 bits per heavy atom. The molecule has 2 N–H and O–H groups in total. The summed E-state index contributed by atoms with van der Waals surface area (Å²) in [5.74, 6) is -2.48. The second-order valence-electron chi connectivity index (χ2n) is 4.05. The van der Waals surface area contributed by atoms with E-state index in [0.29, 0.717) is 0 Å². The Hall–Kier alpha value is -2.48. The summed E-state index contributed by atoms with van der Waals surface area (Å²) in [6.45, 7) is 0.335. The van der Waals surface area contributed by atoms with Crippen LogP contribution >= 0.6 is 11.6 Å². The number of carbonyl (C=O) groups is 2. The second kappa shape index (κ2) is 6.31. The van der Waals surface area contributed by atoms with Gasteiger partial charge in [-0.1, -0.05) is 16.8 Å². The molecule has 0 saturated heterocycles. The first-order valence-corrected chi connectivity index (χ1v) is 6.22. The zero-order valence-electron chi connectivity index (χ0n) is 10.6. The Labute approximate surface area is 123 Å². The summed E-state index contributed by atoms with van der Waals surface area (Å²) >= 11 is 5.70. The lowest BCUT2D eigenvalue weighted by atomic mass is 10.2. The standard InChI is InChI=1S/C12H10ClFN4O3/c13-7-1-2-9(14)8(5-7)11(19)15-3-4-18-6-10(12(20)21)16-17-18/h1-2,5-6H,3-4H2,(H,15,19)(H,20,21). The van der Waals surface area contributed by atoms with E-state index in [2.05, 4.69) is 15.6 Å². The second-order valence-corrected chi connectivity index (χ2v) is 4.49. The van der Waals surface area contributed by atoms with Crippen LogP contribution in [-0.2, 0) is 6.54 Å². The van der Waals surface area contributed by atoms with Crippen molar-refractivity contribution in [3.05, 3.63) is 46.5 Å². The highest BCUT2D eigenvalue weighted by molar-refractivity contribution is 6.31. The molecule has 2 aromatic rings. The van der Waals surface area contributed by atoms with Gasteiger partial charge in [0.2, 0.25) is 0 Å². The van der Waals surface area contributed by atoms with Crippen LogP contribution in [-0.4, -0.2) is 38.5 Å². The van der Waals surface area contributed by atoms with Crippen LogP contribution in [0.15, 0.2) is 24.4 Å². The molecule has 9 heteroatoms. The fourth-order valence-electron chi connectivity index (χ4n) is 1.56. The molecule has 110 valence electrons. The number of aromatic carboxylic acids is 1. The maximum Gasteiger partial charge on any atom is 0.358 e. The van der Waals surface area contributed by atoms with E-state index in [4.69, 9.17) is 16.7 Å². The molecule has 1 aromatic carbocycles. The average molecular weight is 313 g/mol. The Kier molecular flexibility index (Phi) is 4.49. The molecule has 0 aliphatic rings. The molecule has 1 heterocycles. The lowest BCUT2D eigenvalue weighted by molar-refractivity contribution is 0.0690. The Morgan fingerprint density at radius 2 is 2.19 bits per heavy atom. The van der Waals surface area contributed by atoms with E-state index in [0.717, 1.165) is 6.07 Å². The molecule has 0 radical (unpaired) electrons. The van der Waals surface area contributed by atoms with Gasteiger partial charge in [0, 0.05) is 11.6 Å². The number of aromatic nitrogens is 3. The van der Waals surface area contributed by atoms with Gasteiger partial charge in [-0.15, -0.1) is 5.10 Å². The van der Waals surface area contributed by atoms with Crippen LogP contribution in [0.25, 0.3) is 0 Å². The van der Waals surface area contributed by atoms with Gasteiger partial charge in [-0.3, -0.25) is 4.79 Å². The van der Waals surface area contributed by atoms with Gasteiger partial charge >= 0.3 is 5.97 Å². The number of nitrogens with zero attached hydrogens (tertiary/aromatic N) is 3. The molecular weight excluding hydrogens is 303 g/mol. The van der Waals surface area contributed by atoms with Crippen LogP contribution in [0, 0.1) is 5.82 Å². The smallest absolute Gasteiger partial charge is 0.358 e. The van der Waals surface area contributed by atoms with Crippen molar-refractivity contribution in [2.24, 2.45) is 0 Å². The number of benzene rings is 1. The van der Waals surface area contributed by atoms with Crippen molar-refractivity contribution in [3.63, 3.8) is 0 Å². The Morgan fingerprint density at radius 3 is 2.86 bits per heavy atom. The maximum absolute atomic E-state index is 13.5. The van der Waals surface area contributed by atoms with Crippen molar-refractivity contribution in [1.82, 2.24) is 20.3 Å². The number of nitrogens with one attached hydrogen (secondary N) is 1. The van der Waals surface area contributed by atoms with Gasteiger partial charge in [0.1, 0.15) is 5.82 Å². The highest BCUT2D eigenvalue weighted by Gasteiger charge is 2.12. The van der Waals surface area contributed by atoms with Gasteiger partial charge in [0.05, 0.1) is 18.3 Å². The molecule has 21 heavy (non-hydrogen) atoms. The van der Waals surface area contributed by atoms with Crippen LogP contribution in [0.5, 0.6) is 0 Å². The first-order valence-electron chi connectivity index (χ1n) is 5.84. The van der Waals surface area contributed by atoms with E-state index in [-0.39, 0.29) is 29.4 Å². The molecule has 0 aliphatic carbocycles. The number of hydrogen-bond acceptors (Lipinski definition) is 4. The maximum atomic E-state index is 13.5. The fourth-order valence-corrected chi connectivity index (χ4v) is 1.73. The minimum atomic E-state index is -1.19. The molecule has 0 atom stereocenters. The van der Waals surface area contributed by atoms with Gasteiger partial charge in [-0.25, -0.2) is 13.9 Å². The summed E-state index contributed by atoms with van der Waals surface area (Å²) in [6.07, 6.45) is 1.23. The summed E-state index contributed by atoms with van der Waals surface area (Å²) in [7, 11) is 0. The van der Waals surface area contributed by atoms with Gasteiger partial charge in [-0.05, 0) is 18.2 Å². The van der Waals surface area contributed by atoms with Gasteiger partial charge in [0.25, 0.3) is 5.91 Å². The van der Waals surface area contributed by atoms with Crippen molar-refractivity contribution in [1.29, 1.82) is 0 Å². The molecule has 0 unspecified atom stereocenters. The summed E-state index contributed by atoms with van der Waals surface area (Å²) in [5, 5.41) is 18.4.